The highest BCUT2D eigenvalue weighted by molar-refractivity contribution is 6.29. The van der Waals surface area contributed by atoms with Crippen molar-refractivity contribution in [3.63, 3.8) is 0 Å². The first-order valence-electron chi connectivity index (χ1n) is 5.97. The van der Waals surface area contributed by atoms with Gasteiger partial charge in [0.05, 0.1) is 6.54 Å². The Morgan fingerprint density at radius 3 is 3.05 bits per heavy atom. The number of nitrogens with two attached hydrogens (primary N) is 1. The Balaban J connectivity index is 1.85. The summed E-state index contributed by atoms with van der Waals surface area (Å²) >= 11 is 5.87. The van der Waals surface area contributed by atoms with Crippen LogP contribution in [0.1, 0.15) is 16.2 Å². The van der Waals surface area contributed by atoms with Crippen LogP contribution in [-0.2, 0) is 13.1 Å². The molecule has 0 saturated heterocycles. The van der Waals surface area contributed by atoms with Crippen molar-refractivity contribution in [3.8, 4) is 0 Å². The summed E-state index contributed by atoms with van der Waals surface area (Å²) in [4.78, 5) is 18.1. The summed E-state index contributed by atoms with van der Waals surface area (Å²) in [5, 5.41) is 8.02. The fraction of sp³-hybridized carbons (Fsp3) is 0.273. The standard InChI is InChI=1S/C11H12ClN7O/c12-8-3-7(4-9(15-8)16-13)11(20)18-1-2-19-6-14-17-10(19)5-18/h3-4,6H,1-2,5,13H2,(H,15,16). The van der Waals surface area contributed by atoms with Crippen molar-refractivity contribution in [1.82, 2.24) is 24.6 Å². The second-order valence-corrected chi connectivity index (χ2v) is 4.76. The van der Waals surface area contributed by atoms with Gasteiger partial charge in [-0.15, -0.1) is 10.2 Å². The number of halogens is 1. The second kappa shape index (κ2) is 5.06. The average molecular weight is 294 g/mol. The maximum atomic E-state index is 12.5. The number of nitrogens with zero attached hydrogens (tertiary/aromatic N) is 5. The van der Waals surface area contributed by atoms with Gasteiger partial charge in [0.25, 0.3) is 5.91 Å². The van der Waals surface area contributed by atoms with Crippen LogP contribution in [0.4, 0.5) is 5.82 Å². The number of hydrogen-bond acceptors (Lipinski definition) is 6. The van der Waals surface area contributed by atoms with Crippen LogP contribution in [0.5, 0.6) is 0 Å². The molecule has 0 atom stereocenters. The molecule has 0 aliphatic carbocycles. The Labute approximate surface area is 119 Å². The SMILES string of the molecule is NNc1cc(C(=O)N2CCn3cnnc3C2)cc(Cl)n1. The van der Waals surface area contributed by atoms with Gasteiger partial charge < -0.3 is 14.9 Å². The van der Waals surface area contributed by atoms with Crippen LogP contribution in [0.25, 0.3) is 0 Å². The Morgan fingerprint density at radius 1 is 1.40 bits per heavy atom. The minimum Gasteiger partial charge on any atom is -0.329 e. The third-order valence-corrected chi connectivity index (χ3v) is 3.31. The van der Waals surface area contributed by atoms with E-state index in [9.17, 15) is 4.79 Å². The fourth-order valence-corrected chi connectivity index (χ4v) is 2.33. The van der Waals surface area contributed by atoms with Crippen LogP contribution in [0.3, 0.4) is 0 Å². The minimum absolute atomic E-state index is 0.139. The highest BCUT2D eigenvalue weighted by atomic mass is 35.5. The zero-order valence-electron chi connectivity index (χ0n) is 10.5. The topological polar surface area (TPSA) is 102 Å². The lowest BCUT2D eigenvalue weighted by atomic mass is 10.2. The van der Waals surface area contributed by atoms with Gasteiger partial charge in [0.2, 0.25) is 0 Å². The summed E-state index contributed by atoms with van der Waals surface area (Å²) in [5.41, 5.74) is 2.82. The maximum Gasteiger partial charge on any atom is 0.254 e. The number of anilines is 1. The Kier molecular flexibility index (Phi) is 3.25. The molecule has 1 amide bonds. The summed E-state index contributed by atoms with van der Waals surface area (Å²) in [6.07, 6.45) is 1.66. The Hall–Kier alpha value is -2.19. The number of hydrogen-bond donors (Lipinski definition) is 2. The third kappa shape index (κ3) is 2.30. The van der Waals surface area contributed by atoms with E-state index in [0.717, 1.165) is 5.82 Å². The number of aromatic nitrogens is 4. The lowest BCUT2D eigenvalue weighted by molar-refractivity contribution is 0.0707. The largest absolute Gasteiger partial charge is 0.329 e. The van der Waals surface area contributed by atoms with Crippen molar-refractivity contribution >= 4 is 23.3 Å². The molecule has 3 N–H and O–H groups in total. The van der Waals surface area contributed by atoms with E-state index in [2.05, 4.69) is 20.6 Å². The number of nitrogens with one attached hydrogen (secondary N) is 1. The number of carbonyl (C=O) groups excluding carboxylic acids is 1. The number of hydrazine groups is 1. The van der Waals surface area contributed by atoms with Crippen LogP contribution in [0.2, 0.25) is 5.15 Å². The number of rotatable bonds is 2. The van der Waals surface area contributed by atoms with Gasteiger partial charge in [0.15, 0.2) is 5.82 Å². The highest BCUT2D eigenvalue weighted by Crippen LogP contribution is 2.18. The number of nitrogen functional groups attached to an aromatic ring is 1. The van der Waals surface area contributed by atoms with Gasteiger partial charge in [-0.1, -0.05) is 11.6 Å². The van der Waals surface area contributed by atoms with E-state index in [1.54, 1.807) is 17.3 Å². The van der Waals surface area contributed by atoms with Gasteiger partial charge in [-0.05, 0) is 12.1 Å². The van der Waals surface area contributed by atoms with Crippen molar-refractivity contribution in [2.45, 2.75) is 13.1 Å². The van der Waals surface area contributed by atoms with Gasteiger partial charge in [-0.25, -0.2) is 10.8 Å². The summed E-state index contributed by atoms with van der Waals surface area (Å²) < 4.78 is 1.93. The smallest absolute Gasteiger partial charge is 0.254 e. The zero-order chi connectivity index (χ0) is 14.1. The lowest BCUT2D eigenvalue weighted by Gasteiger charge is -2.27. The summed E-state index contributed by atoms with van der Waals surface area (Å²) in [6.45, 7) is 1.69. The lowest BCUT2D eigenvalue weighted by Crippen LogP contribution is -2.38. The first-order valence-corrected chi connectivity index (χ1v) is 6.35. The maximum absolute atomic E-state index is 12.5. The number of pyridine rings is 1. The molecule has 9 heteroatoms. The van der Waals surface area contributed by atoms with Gasteiger partial charge in [-0.3, -0.25) is 4.79 Å². The first kappa shape index (κ1) is 12.8. The molecule has 1 aliphatic heterocycles. The van der Waals surface area contributed by atoms with Gasteiger partial charge in [-0.2, -0.15) is 0 Å². The molecule has 3 rings (SSSR count). The minimum atomic E-state index is -0.139. The third-order valence-electron chi connectivity index (χ3n) is 3.11. The molecule has 0 spiro atoms. The van der Waals surface area contributed by atoms with E-state index in [-0.39, 0.29) is 11.1 Å². The van der Waals surface area contributed by atoms with Crippen LogP contribution in [0, 0.1) is 0 Å². The molecule has 20 heavy (non-hydrogen) atoms. The number of amides is 1. The molecule has 0 bridgehead atoms. The van der Waals surface area contributed by atoms with E-state index >= 15 is 0 Å². The van der Waals surface area contributed by atoms with Crippen LogP contribution in [0.15, 0.2) is 18.5 Å². The molecule has 0 saturated carbocycles. The van der Waals surface area contributed by atoms with Crippen LogP contribution in [-0.4, -0.2) is 37.1 Å². The van der Waals surface area contributed by atoms with E-state index in [0.29, 0.717) is 31.0 Å². The molecule has 8 nitrogen and oxygen atoms in total. The van der Waals surface area contributed by atoms with Crippen LogP contribution >= 0.6 is 11.6 Å². The molecular formula is C11H12ClN7O. The van der Waals surface area contributed by atoms with Gasteiger partial charge in [0, 0.05) is 18.7 Å². The first-order chi connectivity index (χ1) is 9.67. The molecule has 0 unspecified atom stereocenters. The highest BCUT2D eigenvalue weighted by Gasteiger charge is 2.23. The van der Waals surface area contributed by atoms with Crippen molar-refractivity contribution < 1.29 is 4.79 Å². The molecule has 2 aromatic rings. The van der Waals surface area contributed by atoms with E-state index < -0.39 is 0 Å². The van der Waals surface area contributed by atoms with Gasteiger partial charge >= 0.3 is 0 Å². The van der Waals surface area contributed by atoms with Crippen molar-refractivity contribution in [2.24, 2.45) is 5.84 Å². The summed E-state index contributed by atoms with van der Waals surface area (Å²) in [5.74, 6) is 6.27. The monoisotopic (exact) mass is 293 g/mol. The van der Waals surface area contributed by atoms with Crippen molar-refractivity contribution in [1.29, 1.82) is 0 Å². The molecular weight excluding hydrogens is 282 g/mol. The molecule has 1 aliphatic rings. The molecule has 0 radical (unpaired) electrons. The molecule has 2 aromatic heterocycles. The number of fused-ring (bicyclic) bond motifs is 1. The average Bonchev–Trinajstić information content (AvgIpc) is 2.93. The van der Waals surface area contributed by atoms with E-state index in [1.165, 1.54) is 6.07 Å². The molecule has 0 fully saturated rings. The predicted octanol–water partition coefficient (Wildman–Crippen LogP) is 0.268. The fourth-order valence-electron chi connectivity index (χ4n) is 2.12. The van der Waals surface area contributed by atoms with E-state index in [4.69, 9.17) is 17.4 Å². The Bertz CT molecular complexity index is 656. The van der Waals surface area contributed by atoms with Crippen molar-refractivity contribution in [2.75, 3.05) is 12.0 Å². The Morgan fingerprint density at radius 2 is 2.25 bits per heavy atom. The molecule has 0 aromatic carbocycles. The quantitative estimate of drug-likeness (QED) is 0.468. The summed E-state index contributed by atoms with van der Waals surface area (Å²) in [6, 6.07) is 3.08. The number of carbonyl (C=O) groups is 1. The molecule has 104 valence electrons. The van der Waals surface area contributed by atoms with Crippen LogP contribution < -0.4 is 11.3 Å². The molecule has 3 heterocycles. The van der Waals surface area contributed by atoms with E-state index in [1.807, 2.05) is 4.57 Å². The normalized spacial score (nSPS) is 14.0. The second-order valence-electron chi connectivity index (χ2n) is 4.38. The van der Waals surface area contributed by atoms with Crippen molar-refractivity contribution in [3.05, 3.63) is 35.0 Å². The predicted molar refractivity (Wildman–Crippen MR) is 71.8 cm³/mol. The zero-order valence-corrected chi connectivity index (χ0v) is 11.2. The summed E-state index contributed by atoms with van der Waals surface area (Å²) in [7, 11) is 0. The van der Waals surface area contributed by atoms with Gasteiger partial charge in [0.1, 0.15) is 17.3 Å².